The van der Waals surface area contributed by atoms with Crippen molar-refractivity contribution in [2.24, 2.45) is 0 Å². The van der Waals surface area contributed by atoms with Crippen LogP contribution in [0, 0.1) is 18.3 Å². The van der Waals surface area contributed by atoms with E-state index in [1.807, 2.05) is 49.4 Å². The highest BCUT2D eigenvalue weighted by atomic mass is 79.9. The standard InChI is InChI=1S/C22H19BrN2O3S/c1-3-28-22(27)18(13-24)21-25(17-9-7-16(23)8-10-17)20(26)19(29-21)12-15-6-4-5-14(2)11-15/h4-11,19H,3,12H2,1-2H3. The topological polar surface area (TPSA) is 70.4 Å². The summed E-state index contributed by atoms with van der Waals surface area (Å²) in [7, 11) is 0. The normalized spacial score (nSPS) is 17.8. The molecule has 1 fully saturated rings. The second kappa shape index (κ2) is 9.29. The minimum absolute atomic E-state index is 0.153. The predicted molar refractivity (Wildman–Crippen MR) is 117 cm³/mol. The number of amides is 1. The van der Waals surface area contributed by atoms with Crippen LogP contribution in [0.1, 0.15) is 18.1 Å². The fourth-order valence-electron chi connectivity index (χ4n) is 3.05. The van der Waals surface area contributed by atoms with E-state index in [1.165, 1.54) is 16.7 Å². The van der Waals surface area contributed by atoms with Crippen molar-refractivity contribution in [1.82, 2.24) is 0 Å². The quantitative estimate of drug-likeness (QED) is 0.358. The lowest BCUT2D eigenvalue weighted by Crippen LogP contribution is -2.30. The van der Waals surface area contributed by atoms with Crippen molar-refractivity contribution < 1.29 is 14.3 Å². The van der Waals surface area contributed by atoms with Crippen LogP contribution >= 0.6 is 27.7 Å². The Morgan fingerprint density at radius 1 is 1.28 bits per heavy atom. The van der Waals surface area contributed by atoms with Gasteiger partial charge in [-0.1, -0.05) is 57.5 Å². The molecule has 0 saturated carbocycles. The lowest BCUT2D eigenvalue weighted by atomic mass is 10.1. The Bertz CT molecular complexity index is 1010. The average Bonchev–Trinajstić information content (AvgIpc) is 2.99. The first-order chi connectivity index (χ1) is 13.9. The molecule has 5 nitrogen and oxygen atoms in total. The van der Waals surface area contributed by atoms with E-state index in [1.54, 1.807) is 19.1 Å². The molecule has 1 aliphatic heterocycles. The van der Waals surface area contributed by atoms with Crippen LogP contribution in [0.2, 0.25) is 0 Å². The summed E-state index contributed by atoms with van der Waals surface area (Å²) in [5.41, 5.74) is 2.59. The summed E-state index contributed by atoms with van der Waals surface area (Å²) in [6, 6.07) is 17.1. The first kappa shape index (κ1) is 21.2. The molecule has 0 radical (unpaired) electrons. The number of hydrogen-bond acceptors (Lipinski definition) is 5. The van der Waals surface area contributed by atoms with Gasteiger partial charge in [-0.15, -0.1) is 0 Å². The molecule has 1 unspecified atom stereocenters. The van der Waals surface area contributed by atoms with Gasteiger partial charge in [-0.2, -0.15) is 5.26 Å². The molecule has 0 aromatic heterocycles. The van der Waals surface area contributed by atoms with Gasteiger partial charge in [-0.05, 0) is 50.1 Å². The van der Waals surface area contributed by atoms with Gasteiger partial charge < -0.3 is 4.74 Å². The first-order valence-corrected chi connectivity index (χ1v) is 10.7. The van der Waals surface area contributed by atoms with Crippen LogP contribution in [-0.2, 0) is 20.7 Å². The summed E-state index contributed by atoms with van der Waals surface area (Å²) in [6.45, 7) is 3.83. The number of nitriles is 1. The fraction of sp³-hybridized carbons (Fsp3) is 0.227. The summed E-state index contributed by atoms with van der Waals surface area (Å²) in [6.07, 6.45) is 0.503. The zero-order chi connectivity index (χ0) is 21.0. The van der Waals surface area contributed by atoms with Gasteiger partial charge in [0.1, 0.15) is 11.1 Å². The summed E-state index contributed by atoms with van der Waals surface area (Å²) in [5.74, 6) is -0.880. The van der Waals surface area contributed by atoms with Gasteiger partial charge in [0, 0.05) is 10.2 Å². The van der Waals surface area contributed by atoms with Crippen molar-refractivity contribution in [3.8, 4) is 6.07 Å². The summed E-state index contributed by atoms with van der Waals surface area (Å²) in [4.78, 5) is 27.1. The SMILES string of the molecule is CCOC(=O)C(C#N)=C1SC(Cc2cccc(C)c2)C(=O)N1c1ccc(Br)cc1. The molecule has 1 aliphatic rings. The van der Waals surface area contributed by atoms with Crippen LogP contribution in [0.3, 0.4) is 0 Å². The Balaban J connectivity index is 2.03. The summed E-state index contributed by atoms with van der Waals surface area (Å²) in [5, 5.41) is 9.50. The second-order valence-corrected chi connectivity index (χ2v) is 8.57. The van der Waals surface area contributed by atoms with Crippen LogP contribution in [0.5, 0.6) is 0 Å². The molecule has 0 aliphatic carbocycles. The molecule has 1 amide bonds. The van der Waals surface area contributed by atoms with Crippen molar-refractivity contribution >= 4 is 45.3 Å². The predicted octanol–water partition coefficient (Wildman–Crippen LogP) is 4.75. The van der Waals surface area contributed by atoms with Gasteiger partial charge in [-0.25, -0.2) is 4.79 Å². The monoisotopic (exact) mass is 470 g/mol. The number of aryl methyl sites for hydroxylation is 1. The number of halogens is 1. The van der Waals surface area contributed by atoms with Crippen LogP contribution in [0.15, 0.2) is 63.6 Å². The third-order valence-electron chi connectivity index (χ3n) is 4.35. The average molecular weight is 471 g/mol. The highest BCUT2D eigenvalue weighted by Gasteiger charge is 2.41. The van der Waals surface area contributed by atoms with Crippen LogP contribution in [0.25, 0.3) is 0 Å². The number of anilines is 1. The zero-order valence-corrected chi connectivity index (χ0v) is 18.4. The molecule has 1 heterocycles. The Kier molecular flexibility index (Phi) is 6.78. The van der Waals surface area contributed by atoms with E-state index < -0.39 is 11.2 Å². The van der Waals surface area contributed by atoms with Gasteiger partial charge >= 0.3 is 5.97 Å². The molecule has 7 heteroatoms. The smallest absolute Gasteiger partial charge is 0.351 e. The molecular weight excluding hydrogens is 452 g/mol. The Morgan fingerprint density at radius 2 is 2.00 bits per heavy atom. The molecule has 0 spiro atoms. The first-order valence-electron chi connectivity index (χ1n) is 9.07. The Labute approximate surface area is 182 Å². The molecule has 2 aromatic rings. The maximum atomic E-state index is 13.3. The largest absolute Gasteiger partial charge is 0.462 e. The van der Waals surface area contributed by atoms with E-state index in [4.69, 9.17) is 4.74 Å². The lowest BCUT2D eigenvalue weighted by Gasteiger charge is -2.18. The maximum Gasteiger partial charge on any atom is 0.351 e. The number of rotatable bonds is 5. The number of nitrogens with zero attached hydrogens (tertiary/aromatic N) is 2. The Morgan fingerprint density at radius 3 is 2.62 bits per heavy atom. The van der Waals surface area contributed by atoms with Crippen LogP contribution in [-0.4, -0.2) is 23.7 Å². The number of ether oxygens (including phenoxy) is 1. The van der Waals surface area contributed by atoms with Gasteiger partial charge in [0.2, 0.25) is 5.91 Å². The van der Waals surface area contributed by atoms with E-state index >= 15 is 0 Å². The van der Waals surface area contributed by atoms with Crippen molar-refractivity contribution in [2.75, 3.05) is 11.5 Å². The van der Waals surface area contributed by atoms with Gasteiger partial charge in [-0.3, -0.25) is 9.69 Å². The van der Waals surface area contributed by atoms with Crippen molar-refractivity contribution in [3.05, 3.63) is 74.7 Å². The number of carbonyl (C=O) groups is 2. The van der Waals surface area contributed by atoms with Gasteiger partial charge in [0.25, 0.3) is 0 Å². The molecule has 2 aromatic carbocycles. The third kappa shape index (κ3) is 4.72. The highest BCUT2D eigenvalue weighted by Crippen LogP contribution is 2.42. The minimum atomic E-state index is -0.719. The third-order valence-corrected chi connectivity index (χ3v) is 6.14. The summed E-state index contributed by atoms with van der Waals surface area (Å²) >= 11 is 4.62. The molecule has 1 saturated heterocycles. The van der Waals surface area contributed by atoms with Crippen LogP contribution < -0.4 is 4.90 Å². The fourth-order valence-corrected chi connectivity index (χ4v) is 4.62. The van der Waals surface area contributed by atoms with Gasteiger partial charge in [0.05, 0.1) is 11.9 Å². The van der Waals surface area contributed by atoms with E-state index in [-0.39, 0.29) is 18.1 Å². The van der Waals surface area contributed by atoms with E-state index in [9.17, 15) is 14.9 Å². The summed E-state index contributed by atoms with van der Waals surface area (Å²) < 4.78 is 5.91. The lowest BCUT2D eigenvalue weighted by molar-refractivity contribution is -0.138. The number of esters is 1. The molecular formula is C22H19BrN2O3S. The van der Waals surface area contributed by atoms with Crippen molar-refractivity contribution in [2.45, 2.75) is 25.5 Å². The van der Waals surface area contributed by atoms with E-state index in [0.29, 0.717) is 17.1 Å². The Hall–Kier alpha value is -2.56. The van der Waals surface area contributed by atoms with Crippen molar-refractivity contribution in [1.29, 1.82) is 5.26 Å². The molecule has 3 rings (SSSR count). The molecule has 0 N–H and O–H groups in total. The number of thioether (sulfide) groups is 1. The highest BCUT2D eigenvalue weighted by molar-refractivity contribution is 9.10. The molecule has 1 atom stereocenters. The number of hydrogen-bond donors (Lipinski definition) is 0. The number of carbonyl (C=O) groups excluding carboxylic acids is 2. The van der Waals surface area contributed by atoms with Crippen molar-refractivity contribution in [3.63, 3.8) is 0 Å². The van der Waals surface area contributed by atoms with Gasteiger partial charge in [0.15, 0.2) is 5.57 Å². The van der Waals surface area contributed by atoms with E-state index in [2.05, 4.69) is 15.9 Å². The van der Waals surface area contributed by atoms with E-state index in [0.717, 1.165) is 15.6 Å². The molecule has 148 valence electrons. The molecule has 0 bridgehead atoms. The molecule has 29 heavy (non-hydrogen) atoms. The second-order valence-electron chi connectivity index (χ2n) is 6.46. The van der Waals surface area contributed by atoms with Crippen LogP contribution in [0.4, 0.5) is 5.69 Å². The number of benzene rings is 2. The maximum absolute atomic E-state index is 13.3. The minimum Gasteiger partial charge on any atom is -0.462 e. The zero-order valence-electron chi connectivity index (χ0n) is 16.0.